The van der Waals surface area contributed by atoms with Crippen LogP contribution in [0.15, 0.2) is 29.2 Å². The summed E-state index contributed by atoms with van der Waals surface area (Å²) in [5, 5.41) is 3.26. The Bertz CT molecular complexity index is 269. The molecule has 1 rings (SSSR count). The molecule has 1 unspecified atom stereocenters. The average Bonchev–Trinajstić information content (AvgIpc) is 2.51. The lowest BCUT2D eigenvalue weighted by Gasteiger charge is -2.14. The van der Waals surface area contributed by atoms with Crippen molar-refractivity contribution in [3.63, 3.8) is 0 Å². The molecular formula is C17H33NS. The Morgan fingerprint density at radius 3 is 1.95 bits per heavy atom. The van der Waals surface area contributed by atoms with Gasteiger partial charge in [-0.15, -0.1) is 11.8 Å². The second-order valence-electron chi connectivity index (χ2n) is 3.88. The van der Waals surface area contributed by atoms with E-state index in [1.165, 1.54) is 23.3 Å². The van der Waals surface area contributed by atoms with Gasteiger partial charge < -0.3 is 5.32 Å². The first-order chi connectivity index (χ1) is 9.30. The van der Waals surface area contributed by atoms with E-state index in [0.717, 1.165) is 12.5 Å². The van der Waals surface area contributed by atoms with Crippen LogP contribution in [0.3, 0.4) is 0 Å². The van der Waals surface area contributed by atoms with Gasteiger partial charge in [0.1, 0.15) is 0 Å². The fourth-order valence-electron chi connectivity index (χ4n) is 1.74. The molecule has 0 saturated carbocycles. The van der Waals surface area contributed by atoms with E-state index in [1.807, 2.05) is 34.7 Å². The van der Waals surface area contributed by atoms with Crippen molar-refractivity contribution in [1.82, 2.24) is 5.32 Å². The first-order valence-electron chi connectivity index (χ1n) is 7.57. The standard InChI is InChI=1S/C13H21NS.2C2H6/c1-4-11(10-14-2)9-12-5-7-13(15-3)8-6-12;2*1-2/h5-8,11,14H,4,9-10H2,1-3H3;2*1-2H3. The maximum absolute atomic E-state index is 3.26. The number of benzene rings is 1. The smallest absolute Gasteiger partial charge is 0.00693 e. The van der Waals surface area contributed by atoms with Crippen molar-refractivity contribution in [3.8, 4) is 0 Å². The van der Waals surface area contributed by atoms with Crippen molar-refractivity contribution in [2.45, 2.75) is 52.4 Å². The monoisotopic (exact) mass is 283 g/mol. The third kappa shape index (κ3) is 10.0. The predicted molar refractivity (Wildman–Crippen MR) is 92.3 cm³/mol. The maximum atomic E-state index is 3.26. The first kappa shape index (κ1) is 20.8. The van der Waals surface area contributed by atoms with E-state index >= 15 is 0 Å². The Hall–Kier alpha value is -0.470. The highest BCUT2D eigenvalue weighted by molar-refractivity contribution is 7.98. The van der Waals surface area contributed by atoms with Crippen molar-refractivity contribution in [2.75, 3.05) is 19.8 Å². The van der Waals surface area contributed by atoms with E-state index in [1.54, 1.807) is 11.8 Å². The van der Waals surface area contributed by atoms with Crippen LogP contribution in [0.4, 0.5) is 0 Å². The summed E-state index contributed by atoms with van der Waals surface area (Å²) in [7, 11) is 2.03. The fraction of sp³-hybridized carbons (Fsp3) is 0.647. The molecule has 0 bridgehead atoms. The molecule has 1 nitrogen and oxygen atoms in total. The third-order valence-electron chi connectivity index (χ3n) is 2.75. The molecule has 1 aromatic rings. The van der Waals surface area contributed by atoms with Gasteiger partial charge in [-0.25, -0.2) is 0 Å². The molecule has 19 heavy (non-hydrogen) atoms. The second kappa shape index (κ2) is 15.6. The van der Waals surface area contributed by atoms with Crippen LogP contribution >= 0.6 is 11.8 Å². The molecular weight excluding hydrogens is 250 g/mol. The van der Waals surface area contributed by atoms with E-state index in [-0.39, 0.29) is 0 Å². The summed E-state index contributed by atoms with van der Waals surface area (Å²) in [6.45, 7) is 11.4. The summed E-state index contributed by atoms with van der Waals surface area (Å²) in [6.07, 6.45) is 4.54. The number of hydrogen-bond acceptors (Lipinski definition) is 2. The number of rotatable bonds is 6. The van der Waals surface area contributed by atoms with Gasteiger partial charge in [0.25, 0.3) is 0 Å². The summed E-state index contributed by atoms with van der Waals surface area (Å²) in [4.78, 5) is 1.35. The van der Waals surface area contributed by atoms with Crippen molar-refractivity contribution in [1.29, 1.82) is 0 Å². The van der Waals surface area contributed by atoms with Gasteiger partial charge in [0.05, 0.1) is 0 Å². The highest BCUT2D eigenvalue weighted by atomic mass is 32.2. The predicted octanol–water partition coefficient (Wildman–Crippen LogP) is 5.25. The molecule has 0 radical (unpaired) electrons. The zero-order valence-electron chi connectivity index (χ0n) is 13.9. The van der Waals surface area contributed by atoms with Crippen molar-refractivity contribution in [3.05, 3.63) is 29.8 Å². The van der Waals surface area contributed by atoms with Crippen LogP contribution in [0.2, 0.25) is 0 Å². The Labute approximate surface area is 125 Å². The van der Waals surface area contributed by atoms with E-state index in [9.17, 15) is 0 Å². The molecule has 1 aromatic carbocycles. The van der Waals surface area contributed by atoms with Crippen LogP contribution in [0, 0.1) is 5.92 Å². The van der Waals surface area contributed by atoms with E-state index in [0.29, 0.717) is 0 Å². The minimum atomic E-state index is 0.759. The lowest BCUT2D eigenvalue weighted by molar-refractivity contribution is 0.481. The van der Waals surface area contributed by atoms with Gasteiger partial charge in [-0.1, -0.05) is 53.2 Å². The van der Waals surface area contributed by atoms with Gasteiger partial charge in [0, 0.05) is 4.90 Å². The number of nitrogens with one attached hydrogen (secondary N) is 1. The van der Waals surface area contributed by atoms with Crippen molar-refractivity contribution < 1.29 is 0 Å². The quantitative estimate of drug-likeness (QED) is 0.716. The normalized spacial score (nSPS) is 10.7. The largest absolute Gasteiger partial charge is 0.319 e. The minimum Gasteiger partial charge on any atom is -0.319 e. The second-order valence-corrected chi connectivity index (χ2v) is 4.76. The van der Waals surface area contributed by atoms with Crippen LogP contribution in [0.25, 0.3) is 0 Å². The first-order valence-corrected chi connectivity index (χ1v) is 8.80. The molecule has 0 aromatic heterocycles. The molecule has 0 aliphatic rings. The van der Waals surface area contributed by atoms with Crippen LogP contribution in [0.5, 0.6) is 0 Å². The third-order valence-corrected chi connectivity index (χ3v) is 3.50. The Kier molecular flexibility index (Phi) is 17.1. The molecule has 0 fully saturated rings. The van der Waals surface area contributed by atoms with Gasteiger partial charge in [-0.05, 0) is 49.9 Å². The van der Waals surface area contributed by atoms with Gasteiger partial charge in [0.15, 0.2) is 0 Å². The molecule has 0 aliphatic heterocycles. The SMILES string of the molecule is CC.CC.CCC(CNC)Cc1ccc(SC)cc1. The Balaban J connectivity index is 0. The number of thioether (sulfide) groups is 1. The molecule has 1 N–H and O–H groups in total. The zero-order chi connectivity index (χ0) is 15.1. The lowest BCUT2D eigenvalue weighted by Crippen LogP contribution is -2.20. The average molecular weight is 284 g/mol. The molecule has 0 aliphatic carbocycles. The summed E-state index contributed by atoms with van der Waals surface area (Å²) in [6, 6.07) is 8.94. The zero-order valence-corrected chi connectivity index (χ0v) is 14.7. The van der Waals surface area contributed by atoms with Crippen LogP contribution in [-0.4, -0.2) is 19.8 Å². The molecule has 112 valence electrons. The van der Waals surface area contributed by atoms with Gasteiger partial charge >= 0.3 is 0 Å². The summed E-state index contributed by atoms with van der Waals surface area (Å²) < 4.78 is 0. The maximum Gasteiger partial charge on any atom is 0.00693 e. The molecule has 0 heterocycles. The topological polar surface area (TPSA) is 12.0 Å². The lowest BCUT2D eigenvalue weighted by atomic mass is 9.97. The number of hydrogen-bond donors (Lipinski definition) is 1. The van der Waals surface area contributed by atoms with E-state index in [2.05, 4.69) is 42.8 Å². The summed E-state index contributed by atoms with van der Waals surface area (Å²) in [5.74, 6) is 0.759. The van der Waals surface area contributed by atoms with Crippen molar-refractivity contribution >= 4 is 11.8 Å². The summed E-state index contributed by atoms with van der Waals surface area (Å²) >= 11 is 1.80. The molecule has 0 spiro atoms. The molecule has 0 amide bonds. The minimum absolute atomic E-state index is 0.759. The highest BCUT2D eigenvalue weighted by Crippen LogP contribution is 2.17. The Morgan fingerprint density at radius 2 is 1.58 bits per heavy atom. The molecule has 1 atom stereocenters. The van der Waals surface area contributed by atoms with Gasteiger partial charge in [-0.3, -0.25) is 0 Å². The summed E-state index contributed by atoms with van der Waals surface area (Å²) in [5.41, 5.74) is 1.45. The Morgan fingerprint density at radius 1 is 1.05 bits per heavy atom. The molecule has 2 heteroatoms. The van der Waals surface area contributed by atoms with Crippen LogP contribution in [0.1, 0.15) is 46.6 Å². The van der Waals surface area contributed by atoms with Crippen LogP contribution < -0.4 is 5.32 Å². The van der Waals surface area contributed by atoms with Crippen LogP contribution in [-0.2, 0) is 6.42 Å². The van der Waals surface area contributed by atoms with Crippen molar-refractivity contribution in [2.24, 2.45) is 5.92 Å². The van der Waals surface area contributed by atoms with E-state index in [4.69, 9.17) is 0 Å². The van der Waals surface area contributed by atoms with Gasteiger partial charge in [-0.2, -0.15) is 0 Å². The fourth-order valence-corrected chi connectivity index (χ4v) is 2.15. The molecule has 0 saturated heterocycles. The van der Waals surface area contributed by atoms with E-state index < -0.39 is 0 Å². The van der Waals surface area contributed by atoms with Gasteiger partial charge in [0.2, 0.25) is 0 Å². The highest BCUT2D eigenvalue weighted by Gasteiger charge is 2.05.